The average Bonchev–Trinajstić information content (AvgIpc) is 3.02. The molecule has 1 aliphatic heterocycles. The van der Waals surface area contributed by atoms with Gasteiger partial charge in [-0.1, -0.05) is 36.4 Å². The Balaban J connectivity index is 1.85. The number of benzene rings is 1. The van der Waals surface area contributed by atoms with E-state index in [1.807, 2.05) is 30.3 Å². The third-order valence-electron chi connectivity index (χ3n) is 5.24. The lowest BCUT2D eigenvalue weighted by Gasteiger charge is -2.47. The molecular weight excluding hydrogens is 346 g/mol. The Bertz CT molecular complexity index is 663. The number of hydrogen-bond donors (Lipinski definition) is 1. The van der Waals surface area contributed by atoms with Crippen LogP contribution in [0.5, 0.6) is 0 Å². The summed E-state index contributed by atoms with van der Waals surface area (Å²) in [6.07, 6.45) is -0.0783. The summed E-state index contributed by atoms with van der Waals surface area (Å²) in [5, 5.41) is 21.4. The molecule has 0 bridgehead atoms. The molecular formula is C19H21F2O5-. The van der Waals surface area contributed by atoms with E-state index in [2.05, 4.69) is 0 Å². The van der Waals surface area contributed by atoms with Gasteiger partial charge in [-0.3, -0.25) is 0 Å². The molecule has 2 unspecified atom stereocenters. The maximum atomic E-state index is 14.2. The van der Waals surface area contributed by atoms with Crippen LogP contribution in [0.25, 0.3) is 0 Å². The highest BCUT2D eigenvalue weighted by atomic mass is 19.3. The summed E-state index contributed by atoms with van der Waals surface area (Å²) in [6, 6.07) is 9.18. The van der Waals surface area contributed by atoms with Gasteiger partial charge in [0.25, 0.3) is 5.92 Å². The fourth-order valence-electron chi connectivity index (χ4n) is 3.95. The number of allylic oxidation sites excluding steroid dienone is 1. The van der Waals surface area contributed by atoms with Crippen molar-refractivity contribution >= 4 is 5.97 Å². The molecule has 4 atom stereocenters. The first kappa shape index (κ1) is 18.9. The summed E-state index contributed by atoms with van der Waals surface area (Å²) >= 11 is 0. The number of carbonyl (C=O) groups excluding carboxylic acids is 1. The quantitative estimate of drug-likeness (QED) is 0.771. The second-order valence-electron chi connectivity index (χ2n) is 7.03. The zero-order chi connectivity index (χ0) is 18.8. The van der Waals surface area contributed by atoms with E-state index in [-0.39, 0.29) is 26.2 Å². The Kier molecular flexibility index (Phi) is 5.41. The number of halogens is 2. The second-order valence-corrected chi connectivity index (χ2v) is 7.03. The Hall–Kier alpha value is -1.83. The molecule has 0 spiro atoms. The largest absolute Gasteiger partial charge is 0.549 e. The van der Waals surface area contributed by atoms with E-state index in [0.717, 1.165) is 11.6 Å². The molecule has 0 radical (unpaired) electrons. The lowest BCUT2D eigenvalue weighted by atomic mass is 9.61. The van der Waals surface area contributed by atoms with Gasteiger partial charge in [0, 0.05) is 30.1 Å². The van der Waals surface area contributed by atoms with Crippen LogP contribution in [0.4, 0.5) is 8.78 Å². The molecule has 1 aromatic carbocycles. The molecule has 7 heteroatoms. The van der Waals surface area contributed by atoms with Gasteiger partial charge in [0.15, 0.2) is 6.29 Å². The number of hydrogen-bond acceptors (Lipinski definition) is 5. The minimum atomic E-state index is -3.16. The molecule has 0 amide bonds. The van der Waals surface area contributed by atoms with Crippen LogP contribution in [-0.4, -0.2) is 36.5 Å². The standard InChI is InChI=1S/C19H22F2O5/c20-19(21)7-6-15(17(23)24)18(11-19,14-8-16(22)26-10-14)12-25-9-13-4-2-1-3-5-13/h1-7,14-16,22H,8-12H2,(H,23,24)/p-1/t14-,15?,16?,18+/m0/s1. The molecule has 1 saturated heterocycles. The zero-order valence-corrected chi connectivity index (χ0v) is 14.1. The number of aliphatic hydroxyl groups excluding tert-OH is 1. The number of alkyl halides is 2. The molecule has 26 heavy (non-hydrogen) atoms. The van der Waals surface area contributed by atoms with Crippen molar-refractivity contribution in [1.29, 1.82) is 0 Å². The fraction of sp³-hybridized carbons (Fsp3) is 0.526. The maximum absolute atomic E-state index is 14.2. The highest BCUT2D eigenvalue weighted by Crippen LogP contribution is 2.52. The van der Waals surface area contributed by atoms with Crippen molar-refractivity contribution in [3.63, 3.8) is 0 Å². The minimum Gasteiger partial charge on any atom is -0.549 e. The minimum absolute atomic E-state index is 0.00354. The number of carboxylic acids is 1. The second kappa shape index (κ2) is 7.42. The molecule has 0 saturated carbocycles. The van der Waals surface area contributed by atoms with Crippen LogP contribution in [0.1, 0.15) is 18.4 Å². The van der Waals surface area contributed by atoms with Gasteiger partial charge in [0.2, 0.25) is 0 Å². The number of carbonyl (C=O) groups is 1. The lowest BCUT2D eigenvalue weighted by molar-refractivity contribution is -0.316. The Morgan fingerprint density at radius 2 is 2.08 bits per heavy atom. The fourth-order valence-corrected chi connectivity index (χ4v) is 3.95. The molecule has 1 aliphatic carbocycles. The monoisotopic (exact) mass is 367 g/mol. The molecule has 0 aromatic heterocycles. The van der Waals surface area contributed by atoms with E-state index < -0.39 is 41.9 Å². The van der Waals surface area contributed by atoms with E-state index in [9.17, 15) is 23.8 Å². The first-order chi connectivity index (χ1) is 12.3. The van der Waals surface area contributed by atoms with E-state index in [4.69, 9.17) is 9.47 Å². The van der Waals surface area contributed by atoms with Gasteiger partial charge < -0.3 is 24.5 Å². The van der Waals surface area contributed by atoms with Crippen molar-refractivity contribution in [3.05, 3.63) is 48.0 Å². The van der Waals surface area contributed by atoms with Gasteiger partial charge in [0.1, 0.15) is 0 Å². The van der Waals surface area contributed by atoms with Gasteiger partial charge in [0.05, 0.1) is 19.8 Å². The normalized spacial score (nSPS) is 33.3. The third kappa shape index (κ3) is 3.95. The summed E-state index contributed by atoms with van der Waals surface area (Å²) in [5.41, 5.74) is -0.558. The van der Waals surface area contributed by atoms with Gasteiger partial charge in [-0.15, -0.1) is 0 Å². The smallest absolute Gasteiger partial charge is 0.267 e. The highest BCUT2D eigenvalue weighted by Gasteiger charge is 2.55. The Morgan fingerprint density at radius 3 is 2.69 bits per heavy atom. The number of aliphatic carboxylic acids is 1. The summed E-state index contributed by atoms with van der Waals surface area (Å²) < 4.78 is 39.2. The zero-order valence-electron chi connectivity index (χ0n) is 14.1. The van der Waals surface area contributed by atoms with Crippen molar-refractivity contribution in [2.24, 2.45) is 17.3 Å². The summed E-state index contributed by atoms with van der Waals surface area (Å²) in [7, 11) is 0. The SMILES string of the molecule is O=C([O-])C1C=CC(F)(F)C[C@@]1(COCc1ccccc1)[C@@H]1COC(O)C1. The number of carboxylic acid groups (broad SMARTS) is 1. The van der Waals surface area contributed by atoms with E-state index in [0.29, 0.717) is 6.08 Å². The van der Waals surface area contributed by atoms with Crippen molar-refractivity contribution in [2.75, 3.05) is 13.2 Å². The van der Waals surface area contributed by atoms with Crippen LogP contribution in [0.15, 0.2) is 42.5 Å². The topological polar surface area (TPSA) is 78.8 Å². The molecule has 1 aromatic rings. The summed E-state index contributed by atoms with van der Waals surface area (Å²) in [6.45, 7) is -0.0153. The molecule has 1 fully saturated rings. The van der Waals surface area contributed by atoms with Gasteiger partial charge >= 0.3 is 0 Å². The molecule has 5 nitrogen and oxygen atoms in total. The predicted octanol–water partition coefficient (Wildman–Crippen LogP) is 1.51. The van der Waals surface area contributed by atoms with Crippen molar-refractivity contribution in [2.45, 2.75) is 31.7 Å². The van der Waals surface area contributed by atoms with Gasteiger partial charge in [-0.25, -0.2) is 8.78 Å². The Morgan fingerprint density at radius 1 is 1.35 bits per heavy atom. The molecule has 142 valence electrons. The van der Waals surface area contributed by atoms with Crippen molar-refractivity contribution < 1.29 is 33.3 Å². The lowest BCUT2D eigenvalue weighted by Crippen LogP contribution is -2.53. The van der Waals surface area contributed by atoms with Gasteiger partial charge in [-0.2, -0.15) is 0 Å². The molecule has 1 heterocycles. The first-order valence-electron chi connectivity index (χ1n) is 8.52. The predicted molar refractivity (Wildman–Crippen MR) is 85.8 cm³/mol. The van der Waals surface area contributed by atoms with Crippen LogP contribution in [0.3, 0.4) is 0 Å². The average molecular weight is 367 g/mol. The number of rotatable bonds is 6. The van der Waals surface area contributed by atoms with Crippen LogP contribution >= 0.6 is 0 Å². The van der Waals surface area contributed by atoms with Crippen LogP contribution in [0, 0.1) is 17.3 Å². The molecule has 3 rings (SSSR count). The number of ether oxygens (including phenoxy) is 2. The van der Waals surface area contributed by atoms with E-state index >= 15 is 0 Å². The molecule has 1 N–H and O–H groups in total. The molecule has 2 aliphatic rings. The third-order valence-corrected chi connectivity index (χ3v) is 5.24. The summed E-state index contributed by atoms with van der Waals surface area (Å²) in [5.74, 6) is -6.40. The van der Waals surface area contributed by atoms with Crippen molar-refractivity contribution in [3.8, 4) is 0 Å². The van der Waals surface area contributed by atoms with Crippen LogP contribution in [0.2, 0.25) is 0 Å². The Labute approximate surface area is 150 Å². The number of aliphatic hydroxyl groups is 1. The highest BCUT2D eigenvalue weighted by molar-refractivity contribution is 5.71. The van der Waals surface area contributed by atoms with Crippen LogP contribution < -0.4 is 5.11 Å². The van der Waals surface area contributed by atoms with Gasteiger partial charge in [-0.05, 0) is 17.6 Å². The van der Waals surface area contributed by atoms with Crippen LogP contribution in [-0.2, 0) is 20.9 Å². The van der Waals surface area contributed by atoms with Crippen molar-refractivity contribution in [1.82, 2.24) is 0 Å². The van der Waals surface area contributed by atoms with E-state index in [1.165, 1.54) is 0 Å². The van der Waals surface area contributed by atoms with E-state index in [1.54, 1.807) is 0 Å². The first-order valence-corrected chi connectivity index (χ1v) is 8.52. The summed E-state index contributed by atoms with van der Waals surface area (Å²) in [4.78, 5) is 11.7. The maximum Gasteiger partial charge on any atom is 0.267 e.